The summed E-state index contributed by atoms with van der Waals surface area (Å²) in [5.74, 6) is 1.01. The van der Waals surface area contributed by atoms with E-state index < -0.39 is 0 Å². The van der Waals surface area contributed by atoms with Gasteiger partial charge in [0.1, 0.15) is 6.10 Å². The van der Waals surface area contributed by atoms with Crippen LogP contribution < -0.4 is 0 Å². The van der Waals surface area contributed by atoms with Crippen molar-refractivity contribution in [3.8, 4) is 0 Å². The molecule has 2 nitrogen and oxygen atoms in total. The highest BCUT2D eigenvalue weighted by Gasteiger charge is 2.12. The normalized spacial score (nSPS) is 20.1. The van der Waals surface area contributed by atoms with Gasteiger partial charge in [-0.15, -0.1) is 0 Å². The minimum atomic E-state index is -0.244. The molecule has 27 heavy (non-hydrogen) atoms. The number of ether oxygens (including phenoxy) is 1. The number of hydrogen-bond donors (Lipinski definition) is 0. The Morgan fingerprint density at radius 2 is 2.00 bits per heavy atom. The van der Waals surface area contributed by atoms with E-state index in [0.29, 0.717) is 5.92 Å². The SMILES string of the molecule is CCC(=C/[C@H](C)C/C=C/C[C@@H](C)CCC=C(C)C)/C=C/[C@H]1CC=CC(=O)O1. The van der Waals surface area contributed by atoms with Crippen LogP contribution in [0, 0.1) is 11.8 Å². The largest absolute Gasteiger partial charge is 0.455 e. The molecule has 0 amide bonds. The molecule has 1 heterocycles. The minimum Gasteiger partial charge on any atom is -0.455 e. The second kappa shape index (κ2) is 13.4. The van der Waals surface area contributed by atoms with Gasteiger partial charge in [-0.1, -0.05) is 68.4 Å². The molecule has 0 N–H and O–H groups in total. The average molecular weight is 371 g/mol. The van der Waals surface area contributed by atoms with Crippen LogP contribution in [-0.4, -0.2) is 12.1 Å². The van der Waals surface area contributed by atoms with E-state index in [-0.39, 0.29) is 12.1 Å². The summed E-state index contributed by atoms with van der Waals surface area (Å²) in [6.45, 7) is 11.1. The smallest absolute Gasteiger partial charge is 0.331 e. The summed E-state index contributed by atoms with van der Waals surface area (Å²) in [6.07, 6.45) is 23.1. The molecule has 0 bridgehead atoms. The highest BCUT2D eigenvalue weighted by molar-refractivity contribution is 5.82. The Bertz CT molecular complexity index is 585. The third kappa shape index (κ3) is 11.5. The third-order valence-electron chi connectivity index (χ3n) is 4.75. The first kappa shape index (κ1) is 23.2. The van der Waals surface area contributed by atoms with Crippen molar-refractivity contribution in [1.29, 1.82) is 0 Å². The predicted molar refractivity (Wildman–Crippen MR) is 117 cm³/mol. The van der Waals surface area contributed by atoms with E-state index in [0.717, 1.165) is 31.6 Å². The van der Waals surface area contributed by atoms with E-state index >= 15 is 0 Å². The zero-order valence-electron chi connectivity index (χ0n) is 17.9. The second-order valence-corrected chi connectivity index (χ2v) is 7.95. The molecule has 0 radical (unpaired) electrons. The fourth-order valence-electron chi connectivity index (χ4n) is 3.02. The highest BCUT2D eigenvalue weighted by atomic mass is 16.5. The van der Waals surface area contributed by atoms with Gasteiger partial charge in [0.25, 0.3) is 0 Å². The number of carbonyl (C=O) groups is 1. The zero-order valence-corrected chi connectivity index (χ0v) is 17.9. The van der Waals surface area contributed by atoms with Crippen LogP contribution in [-0.2, 0) is 9.53 Å². The number of hydrogen-bond acceptors (Lipinski definition) is 2. The standard InChI is InChI=1S/C25H38O2/c1-6-23(17-18-24-15-10-16-25(26)27-24)19-22(5)13-8-7-12-21(4)14-9-11-20(2)3/h7-8,10-11,16-19,21-22,24H,6,9,12-15H2,1-5H3/b8-7+,18-17+,23-19-/t21-,22-,24-/m1/s1. The van der Waals surface area contributed by atoms with Crippen molar-refractivity contribution in [1.82, 2.24) is 0 Å². The van der Waals surface area contributed by atoms with Crippen molar-refractivity contribution in [3.05, 3.63) is 59.8 Å². The van der Waals surface area contributed by atoms with Crippen LogP contribution in [0.2, 0.25) is 0 Å². The number of cyclic esters (lactones) is 1. The van der Waals surface area contributed by atoms with Gasteiger partial charge in [0, 0.05) is 12.5 Å². The Morgan fingerprint density at radius 1 is 1.26 bits per heavy atom. The molecule has 0 spiro atoms. The molecule has 0 aromatic heterocycles. The molecular weight excluding hydrogens is 332 g/mol. The van der Waals surface area contributed by atoms with E-state index in [1.54, 1.807) is 0 Å². The molecule has 3 atom stereocenters. The molecule has 150 valence electrons. The Balaban J connectivity index is 2.38. The summed E-state index contributed by atoms with van der Waals surface area (Å²) in [4.78, 5) is 11.3. The van der Waals surface area contributed by atoms with Gasteiger partial charge in [0.05, 0.1) is 0 Å². The highest BCUT2D eigenvalue weighted by Crippen LogP contribution is 2.16. The molecule has 0 fully saturated rings. The van der Waals surface area contributed by atoms with Crippen molar-refractivity contribution in [2.75, 3.05) is 0 Å². The van der Waals surface area contributed by atoms with Gasteiger partial charge in [0.2, 0.25) is 0 Å². The van der Waals surface area contributed by atoms with Gasteiger partial charge in [0.15, 0.2) is 0 Å². The molecule has 0 aromatic rings. The number of carbonyl (C=O) groups excluding carboxylic acids is 1. The van der Waals surface area contributed by atoms with Gasteiger partial charge in [-0.05, 0) is 63.9 Å². The summed E-state index contributed by atoms with van der Waals surface area (Å²) in [7, 11) is 0. The Kier molecular flexibility index (Phi) is 11.5. The van der Waals surface area contributed by atoms with E-state index in [4.69, 9.17) is 4.74 Å². The first-order chi connectivity index (χ1) is 12.9. The van der Waals surface area contributed by atoms with Crippen LogP contribution in [0.25, 0.3) is 0 Å². The Labute approximate surface area is 166 Å². The molecule has 1 rings (SSSR count). The maximum Gasteiger partial charge on any atom is 0.331 e. The summed E-state index contributed by atoms with van der Waals surface area (Å²) < 4.78 is 5.27. The van der Waals surface area contributed by atoms with E-state index in [1.165, 1.54) is 30.1 Å². The quantitative estimate of drug-likeness (QED) is 0.220. The van der Waals surface area contributed by atoms with Crippen LogP contribution in [0.1, 0.15) is 73.1 Å². The fraction of sp³-hybridized carbons (Fsp3) is 0.560. The molecule has 1 aliphatic heterocycles. The van der Waals surface area contributed by atoms with Gasteiger partial charge in [-0.25, -0.2) is 4.79 Å². The topological polar surface area (TPSA) is 26.3 Å². The van der Waals surface area contributed by atoms with Crippen molar-refractivity contribution >= 4 is 5.97 Å². The summed E-state index contributed by atoms with van der Waals surface area (Å²) >= 11 is 0. The van der Waals surface area contributed by atoms with Gasteiger partial charge < -0.3 is 4.74 Å². The van der Waals surface area contributed by atoms with Crippen molar-refractivity contribution in [2.45, 2.75) is 79.2 Å². The van der Waals surface area contributed by atoms with Gasteiger partial charge in [-0.3, -0.25) is 0 Å². The Hall–Kier alpha value is -1.83. The molecule has 2 heteroatoms. The molecular formula is C25H38O2. The fourth-order valence-corrected chi connectivity index (χ4v) is 3.02. The second-order valence-electron chi connectivity index (χ2n) is 7.95. The lowest BCUT2D eigenvalue weighted by Crippen LogP contribution is -2.17. The van der Waals surface area contributed by atoms with E-state index in [2.05, 4.69) is 65.0 Å². The summed E-state index contributed by atoms with van der Waals surface area (Å²) in [6, 6.07) is 0. The molecule has 1 aliphatic rings. The molecule has 0 aromatic carbocycles. The summed E-state index contributed by atoms with van der Waals surface area (Å²) in [5, 5.41) is 0. The van der Waals surface area contributed by atoms with Crippen LogP contribution in [0.5, 0.6) is 0 Å². The van der Waals surface area contributed by atoms with Crippen LogP contribution in [0.15, 0.2) is 59.8 Å². The zero-order chi connectivity index (χ0) is 20.1. The summed E-state index contributed by atoms with van der Waals surface area (Å²) in [5.41, 5.74) is 2.72. The van der Waals surface area contributed by atoms with Gasteiger partial charge in [-0.2, -0.15) is 0 Å². The number of rotatable bonds is 11. The maximum atomic E-state index is 11.3. The maximum absolute atomic E-state index is 11.3. The van der Waals surface area contributed by atoms with E-state index in [9.17, 15) is 4.79 Å². The predicted octanol–water partition coefficient (Wildman–Crippen LogP) is 7.11. The minimum absolute atomic E-state index is 0.125. The number of allylic oxidation sites excluding steroid dienone is 7. The molecule has 0 aliphatic carbocycles. The first-order valence-corrected chi connectivity index (χ1v) is 10.4. The first-order valence-electron chi connectivity index (χ1n) is 10.4. The lowest BCUT2D eigenvalue weighted by Gasteiger charge is -2.15. The number of esters is 1. The average Bonchev–Trinajstić information content (AvgIpc) is 2.62. The molecule has 0 saturated heterocycles. The van der Waals surface area contributed by atoms with E-state index in [1.807, 2.05) is 12.2 Å². The van der Waals surface area contributed by atoms with Crippen molar-refractivity contribution in [2.24, 2.45) is 11.8 Å². The van der Waals surface area contributed by atoms with Crippen LogP contribution in [0.3, 0.4) is 0 Å². The molecule has 0 saturated carbocycles. The molecule has 0 unspecified atom stereocenters. The lowest BCUT2D eigenvalue weighted by molar-refractivity contribution is -0.141. The Morgan fingerprint density at radius 3 is 2.67 bits per heavy atom. The van der Waals surface area contributed by atoms with Gasteiger partial charge >= 0.3 is 5.97 Å². The van der Waals surface area contributed by atoms with Crippen molar-refractivity contribution < 1.29 is 9.53 Å². The lowest BCUT2D eigenvalue weighted by atomic mass is 9.98. The third-order valence-corrected chi connectivity index (χ3v) is 4.75. The van der Waals surface area contributed by atoms with Crippen LogP contribution >= 0.6 is 0 Å². The van der Waals surface area contributed by atoms with Crippen LogP contribution in [0.4, 0.5) is 0 Å². The van der Waals surface area contributed by atoms with Crippen molar-refractivity contribution in [3.63, 3.8) is 0 Å². The monoisotopic (exact) mass is 370 g/mol.